The summed E-state index contributed by atoms with van der Waals surface area (Å²) in [5.41, 5.74) is 1.17. The molecule has 0 aliphatic rings. The molecule has 0 radical (unpaired) electrons. The van der Waals surface area contributed by atoms with Crippen molar-refractivity contribution in [3.63, 3.8) is 0 Å². The maximum absolute atomic E-state index is 5.65. The first-order valence-corrected chi connectivity index (χ1v) is 8.97. The molecular weight excluding hydrogens is 330 g/mol. The van der Waals surface area contributed by atoms with Crippen molar-refractivity contribution < 1.29 is 13.9 Å². The van der Waals surface area contributed by atoms with Gasteiger partial charge in [-0.2, -0.15) is 0 Å². The van der Waals surface area contributed by atoms with Gasteiger partial charge in [-0.3, -0.25) is 4.99 Å². The van der Waals surface area contributed by atoms with Crippen molar-refractivity contribution in [1.29, 1.82) is 0 Å². The summed E-state index contributed by atoms with van der Waals surface area (Å²) >= 11 is 0. The van der Waals surface area contributed by atoms with E-state index in [9.17, 15) is 0 Å². The minimum Gasteiger partial charge on any atom is -0.491 e. The highest BCUT2D eigenvalue weighted by molar-refractivity contribution is 5.79. The molecule has 2 rings (SSSR count). The average Bonchev–Trinajstić information content (AvgIpc) is 3.14. The Morgan fingerprint density at radius 2 is 1.96 bits per heavy atom. The van der Waals surface area contributed by atoms with Gasteiger partial charge in [0.15, 0.2) is 5.96 Å². The lowest BCUT2D eigenvalue weighted by Crippen LogP contribution is -2.37. The van der Waals surface area contributed by atoms with E-state index in [0.717, 1.165) is 30.4 Å². The highest BCUT2D eigenvalue weighted by Gasteiger charge is 2.01. The first kappa shape index (κ1) is 19.8. The van der Waals surface area contributed by atoms with Gasteiger partial charge in [0.2, 0.25) is 0 Å². The summed E-state index contributed by atoms with van der Waals surface area (Å²) in [6, 6.07) is 11.9. The van der Waals surface area contributed by atoms with Crippen LogP contribution in [0.1, 0.15) is 31.6 Å². The fourth-order valence-corrected chi connectivity index (χ4v) is 2.31. The Kier molecular flexibility index (Phi) is 8.55. The molecule has 1 heterocycles. The van der Waals surface area contributed by atoms with Crippen LogP contribution in [0.4, 0.5) is 0 Å². The van der Waals surface area contributed by atoms with Gasteiger partial charge in [-0.05, 0) is 50.1 Å². The molecule has 6 heteroatoms. The standard InChI is InChI=1S/C20H29N3O3/c1-16(2)26-18-9-7-17(8-10-18)14-23-20(21-3)22-11-5-12-24-15-19-6-4-13-25-19/h4,6-10,13,16H,5,11-12,14-15H2,1-3H3,(H2,21,22,23). The van der Waals surface area contributed by atoms with Crippen LogP contribution in [0.3, 0.4) is 0 Å². The molecule has 0 saturated carbocycles. The van der Waals surface area contributed by atoms with Gasteiger partial charge in [0.05, 0.1) is 12.4 Å². The molecule has 0 aliphatic heterocycles. The SMILES string of the molecule is CN=C(NCCCOCc1ccco1)NCc1ccc(OC(C)C)cc1. The fraction of sp³-hybridized carbons (Fsp3) is 0.450. The second-order valence-electron chi connectivity index (χ2n) is 6.15. The summed E-state index contributed by atoms with van der Waals surface area (Å²) in [6.45, 7) is 6.72. The van der Waals surface area contributed by atoms with Crippen molar-refractivity contribution in [2.24, 2.45) is 4.99 Å². The zero-order chi connectivity index (χ0) is 18.6. The molecule has 0 aliphatic carbocycles. The molecule has 0 spiro atoms. The van der Waals surface area contributed by atoms with E-state index in [1.807, 2.05) is 38.1 Å². The summed E-state index contributed by atoms with van der Waals surface area (Å²) in [7, 11) is 1.77. The van der Waals surface area contributed by atoms with E-state index in [1.165, 1.54) is 5.56 Å². The number of guanidine groups is 1. The summed E-state index contributed by atoms with van der Waals surface area (Å²) in [5.74, 6) is 2.51. The second-order valence-corrected chi connectivity index (χ2v) is 6.15. The smallest absolute Gasteiger partial charge is 0.191 e. The number of nitrogens with one attached hydrogen (secondary N) is 2. The van der Waals surface area contributed by atoms with Gasteiger partial charge in [-0.1, -0.05) is 12.1 Å². The lowest BCUT2D eigenvalue weighted by Gasteiger charge is -2.13. The Morgan fingerprint density at radius 1 is 1.15 bits per heavy atom. The number of nitrogens with zero attached hydrogens (tertiary/aromatic N) is 1. The number of ether oxygens (including phenoxy) is 2. The zero-order valence-corrected chi connectivity index (χ0v) is 15.8. The van der Waals surface area contributed by atoms with Gasteiger partial charge in [-0.25, -0.2) is 0 Å². The third-order valence-corrected chi connectivity index (χ3v) is 3.56. The first-order valence-electron chi connectivity index (χ1n) is 8.97. The third kappa shape index (κ3) is 7.61. The van der Waals surface area contributed by atoms with Crippen molar-refractivity contribution in [1.82, 2.24) is 10.6 Å². The number of aliphatic imine (C=N–C) groups is 1. The van der Waals surface area contributed by atoms with E-state index in [4.69, 9.17) is 13.9 Å². The van der Waals surface area contributed by atoms with Crippen molar-refractivity contribution >= 4 is 5.96 Å². The highest BCUT2D eigenvalue weighted by Crippen LogP contribution is 2.13. The van der Waals surface area contributed by atoms with Crippen molar-refractivity contribution in [3.05, 3.63) is 54.0 Å². The minimum absolute atomic E-state index is 0.185. The Balaban J connectivity index is 1.59. The average molecular weight is 359 g/mol. The summed E-state index contributed by atoms with van der Waals surface area (Å²) in [5, 5.41) is 6.58. The van der Waals surface area contributed by atoms with Gasteiger partial charge in [0.1, 0.15) is 18.1 Å². The van der Waals surface area contributed by atoms with E-state index < -0.39 is 0 Å². The lowest BCUT2D eigenvalue weighted by atomic mass is 10.2. The summed E-state index contributed by atoms with van der Waals surface area (Å²) < 4.78 is 16.4. The fourth-order valence-electron chi connectivity index (χ4n) is 2.31. The predicted octanol–water partition coefficient (Wildman–Crippen LogP) is 3.34. The molecule has 142 valence electrons. The Bertz CT molecular complexity index is 637. The van der Waals surface area contributed by atoms with E-state index >= 15 is 0 Å². The Labute approximate surface area is 155 Å². The topological polar surface area (TPSA) is 68.0 Å². The third-order valence-electron chi connectivity index (χ3n) is 3.56. The summed E-state index contributed by atoms with van der Waals surface area (Å²) in [4.78, 5) is 4.23. The van der Waals surface area contributed by atoms with Gasteiger partial charge < -0.3 is 24.5 Å². The maximum Gasteiger partial charge on any atom is 0.191 e. The molecule has 0 amide bonds. The predicted molar refractivity (Wildman–Crippen MR) is 103 cm³/mol. The van der Waals surface area contributed by atoms with Crippen LogP contribution in [0, 0.1) is 0 Å². The zero-order valence-electron chi connectivity index (χ0n) is 15.8. The van der Waals surface area contributed by atoms with Crippen LogP contribution in [-0.2, 0) is 17.9 Å². The Hall–Kier alpha value is -2.47. The monoisotopic (exact) mass is 359 g/mol. The van der Waals surface area contributed by atoms with Crippen molar-refractivity contribution in [3.8, 4) is 5.75 Å². The molecule has 0 bridgehead atoms. The number of furan rings is 1. The molecule has 0 atom stereocenters. The molecule has 26 heavy (non-hydrogen) atoms. The van der Waals surface area contributed by atoms with Crippen LogP contribution < -0.4 is 15.4 Å². The lowest BCUT2D eigenvalue weighted by molar-refractivity contribution is 0.105. The van der Waals surface area contributed by atoms with Crippen LogP contribution in [0.15, 0.2) is 52.1 Å². The quantitative estimate of drug-likeness (QED) is 0.387. The second kappa shape index (κ2) is 11.2. The van der Waals surface area contributed by atoms with E-state index in [-0.39, 0.29) is 6.10 Å². The molecule has 0 saturated heterocycles. The number of rotatable bonds is 10. The van der Waals surface area contributed by atoms with Crippen LogP contribution in [0.5, 0.6) is 5.75 Å². The van der Waals surface area contributed by atoms with E-state index in [0.29, 0.717) is 19.8 Å². The number of benzene rings is 1. The normalized spacial score (nSPS) is 11.6. The molecule has 0 unspecified atom stereocenters. The molecule has 6 nitrogen and oxygen atoms in total. The maximum atomic E-state index is 5.65. The molecule has 1 aromatic heterocycles. The molecular formula is C20H29N3O3. The van der Waals surface area contributed by atoms with Crippen molar-refractivity contribution in [2.45, 2.75) is 39.5 Å². The van der Waals surface area contributed by atoms with Gasteiger partial charge in [0, 0.05) is 26.7 Å². The minimum atomic E-state index is 0.185. The molecule has 0 fully saturated rings. The van der Waals surface area contributed by atoms with Gasteiger partial charge >= 0.3 is 0 Å². The van der Waals surface area contributed by atoms with E-state index in [1.54, 1.807) is 13.3 Å². The number of hydrogen-bond donors (Lipinski definition) is 2. The Morgan fingerprint density at radius 3 is 2.62 bits per heavy atom. The van der Waals surface area contributed by atoms with Crippen LogP contribution in [0.2, 0.25) is 0 Å². The van der Waals surface area contributed by atoms with Crippen LogP contribution in [0.25, 0.3) is 0 Å². The van der Waals surface area contributed by atoms with Gasteiger partial charge in [0.25, 0.3) is 0 Å². The molecule has 2 aromatic rings. The summed E-state index contributed by atoms with van der Waals surface area (Å²) in [6.07, 6.45) is 2.73. The van der Waals surface area contributed by atoms with Crippen LogP contribution in [-0.4, -0.2) is 32.3 Å². The molecule has 2 N–H and O–H groups in total. The largest absolute Gasteiger partial charge is 0.491 e. The highest BCUT2D eigenvalue weighted by atomic mass is 16.5. The number of hydrogen-bond acceptors (Lipinski definition) is 4. The van der Waals surface area contributed by atoms with Gasteiger partial charge in [-0.15, -0.1) is 0 Å². The van der Waals surface area contributed by atoms with Crippen molar-refractivity contribution in [2.75, 3.05) is 20.2 Å². The van der Waals surface area contributed by atoms with Crippen LogP contribution >= 0.6 is 0 Å². The van der Waals surface area contributed by atoms with E-state index in [2.05, 4.69) is 27.8 Å². The molecule has 1 aromatic carbocycles. The first-order chi connectivity index (χ1) is 12.7.